The van der Waals surface area contributed by atoms with Crippen molar-refractivity contribution >= 4 is 5.91 Å². The molecule has 6 heteroatoms. The van der Waals surface area contributed by atoms with Gasteiger partial charge in [-0.05, 0) is 12.1 Å². The smallest absolute Gasteiger partial charge is 0.269 e. The van der Waals surface area contributed by atoms with Gasteiger partial charge in [0.2, 0.25) is 5.91 Å². The summed E-state index contributed by atoms with van der Waals surface area (Å²) in [5, 5.41) is 2.82. The first-order valence-corrected chi connectivity index (χ1v) is 7.72. The Hall–Kier alpha value is -3.15. The molecule has 1 amide bonds. The maximum Gasteiger partial charge on any atom is 0.269 e. The molecular formula is C18H18N4O2. The highest BCUT2D eigenvalue weighted by Gasteiger charge is 2.07. The fourth-order valence-corrected chi connectivity index (χ4v) is 2.38. The molecule has 0 fully saturated rings. The van der Waals surface area contributed by atoms with Crippen LogP contribution in [0, 0.1) is 0 Å². The summed E-state index contributed by atoms with van der Waals surface area (Å²) in [6.07, 6.45) is 6.73. The highest BCUT2D eigenvalue weighted by atomic mass is 16.2. The minimum atomic E-state index is -0.296. The SMILES string of the molecule is O=C(Cn1cc(-c2ccccc2)ncc1=O)NCCn1cccc1. The molecule has 1 N–H and O–H groups in total. The van der Waals surface area contributed by atoms with Gasteiger partial charge in [-0.15, -0.1) is 0 Å². The minimum Gasteiger partial charge on any atom is -0.353 e. The summed E-state index contributed by atoms with van der Waals surface area (Å²) < 4.78 is 3.35. The van der Waals surface area contributed by atoms with E-state index in [9.17, 15) is 9.59 Å². The second-order valence-electron chi connectivity index (χ2n) is 5.38. The van der Waals surface area contributed by atoms with Crippen molar-refractivity contribution in [3.05, 3.63) is 77.6 Å². The molecule has 2 aromatic heterocycles. The van der Waals surface area contributed by atoms with Gasteiger partial charge in [-0.2, -0.15) is 0 Å². The van der Waals surface area contributed by atoms with Crippen molar-refractivity contribution in [3.8, 4) is 11.3 Å². The van der Waals surface area contributed by atoms with E-state index in [-0.39, 0.29) is 18.0 Å². The zero-order chi connectivity index (χ0) is 16.8. The van der Waals surface area contributed by atoms with Gasteiger partial charge in [0.05, 0.1) is 11.9 Å². The molecule has 0 spiro atoms. The van der Waals surface area contributed by atoms with Crippen molar-refractivity contribution in [1.82, 2.24) is 19.4 Å². The molecule has 0 aliphatic heterocycles. The molecule has 0 aliphatic carbocycles. The van der Waals surface area contributed by atoms with E-state index < -0.39 is 0 Å². The molecule has 2 heterocycles. The molecule has 24 heavy (non-hydrogen) atoms. The lowest BCUT2D eigenvalue weighted by Gasteiger charge is -2.09. The zero-order valence-electron chi connectivity index (χ0n) is 13.1. The van der Waals surface area contributed by atoms with E-state index in [0.717, 1.165) is 5.56 Å². The van der Waals surface area contributed by atoms with Crippen molar-refractivity contribution in [2.45, 2.75) is 13.1 Å². The average molecular weight is 322 g/mol. The highest BCUT2D eigenvalue weighted by molar-refractivity contribution is 5.75. The molecular weight excluding hydrogens is 304 g/mol. The summed E-state index contributed by atoms with van der Waals surface area (Å²) in [5.74, 6) is -0.200. The standard InChI is InChI=1S/C18H18N4O2/c23-17(19-8-11-21-9-4-5-10-21)14-22-13-16(20-12-18(22)24)15-6-2-1-3-7-15/h1-7,9-10,12-13H,8,11,14H2,(H,19,23). The van der Waals surface area contributed by atoms with Gasteiger partial charge >= 0.3 is 0 Å². The molecule has 0 radical (unpaired) electrons. The molecule has 0 saturated heterocycles. The maximum atomic E-state index is 12.0. The van der Waals surface area contributed by atoms with Gasteiger partial charge in [0.15, 0.2) is 0 Å². The molecule has 1 aromatic carbocycles. The topological polar surface area (TPSA) is 68.9 Å². The Kier molecular flexibility index (Phi) is 4.86. The number of hydrogen-bond acceptors (Lipinski definition) is 3. The van der Waals surface area contributed by atoms with Crippen molar-refractivity contribution in [1.29, 1.82) is 0 Å². The summed E-state index contributed by atoms with van der Waals surface area (Å²) >= 11 is 0. The molecule has 3 rings (SSSR count). The van der Waals surface area contributed by atoms with Crippen molar-refractivity contribution in [2.75, 3.05) is 6.54 Å². The van der Waals surface area contributed by atoms with E-state index in [4.69, 9.17) is 0 Å². The van der Waals surface area contributed by atoms with E-state index in [1.165, 1.54) is 10.8 Å². The largest absolute Gasteiger partial charge is 0.353 e. The fraction of sp³-hybridized carbons (Fsp3) is 0.167. The van der Waals surface area contributed by atoms with E-state index in [1.54, 1.807) is 6.20 Å². The summed E-state index contributed by atoms with van der Waals surface area (Å²) in [5.41, 5.74) is 1.27. The molecule has 122 valence electrons. The number of carbonyl (C=O) groups excluding carboxylic acids is 1. The first kappa shape index (κ1) is 15.7. The Labute approximate surface area is 139 Å². The summed E-state index contributed by atoms with van der Waals surface area (Å²) in [4.78, 5) is 28.1. The third kappa shape index (κ3) is 3.98. The number of carbonyl (C=O) groups is 1. The van der Waals surface area contributed by atoms with Gasteiger partial charge in [-0.3, -0.25) is 9.59 Å². The number of hydrogen-bond donors (Lipinski definition) is 1. The Morgan fingerprint density at radius 1 is 1.08 bits per heavy atom. The first-order chi connectivity index (χ1) is 11.7. The Morgan fingerprint density at radius 2 is 1.83 bits per heavy atom. The normalized spacial score (nSPS) is 10.5. The molecule has 6 nitrogen and oxygen atoms in total. The van der Waals surface area contributed by atoms with Crippen molar-refractivity contribution in [3.63, 3.8) is 0 Å². The number of benzene rings is 1. The first-order valence-electron chi connectivity index (χ1n) is 7.72. The number of nitrogens with one attached hydrogen (secondary N) is 1. The molecule has 0 aliphatic rings. The highest BCUT2D eigenvalue weighted by Crippen LogP contribution is 2.13. The summed E-state index contributed by atoms with van der Waals surface area (Å²) in [6, 6.07) is 13.4. The van der Waals surface area contributed by atoms with Crippen LogP contribution in [0.3, 0.4) is 0 Å². The lowest BCUT2D eigenvalue weighted by Crippen LogP contribution is -2.33. The maximum absolute atomic E-state index is 12.0. The molecule has 0 atom stereocenters. The van der Waals surface area contributed by atoms with Gasteiger partial charge in [0.25, 0.3) is 5.56 Å². The van der Waals surface area contributed by atoms with E-state index in [1.807, 2.05) is 59.4 Å². The molecule has 3 aromatic rings. The van der Waals surface area contributed by atoms with Crippen LogP contribution in [0.4, 0.5) is 0 Å². The van der Waals surface area contributed by atoms with Gasteiger partial charge in [0.1, 0.15) is 6.54 Å². The number of amides is 1. The van der Waals surface area contributed by atoms with Crippen LogP contribution in [0.5, 0.6) is 0 Å². The average Bonchev–Trinajstić information content (AvgIpc) is 3.11. The monoisotopic (exact) mass is 322 g/mol. The van der Waals surface area contributed by atoms with Gasteiger partial charge in [0, 0.05) is 37.2 Å². The van der Waals surface area contributed by atoms with Crippen LogP contribution in [0.25, 0.3) is 11.3 Å². The third-order valence-corrected chi connectivity index (χ3v) is 3.62. The Bertz CT molecular complexity index is 854. The second-order valence-corrected chi connectivity index (χ2v) is 5.38. The van der Waals surface area contributed by atoms with E-state index in [2.05, 4.69) is 10.3 Å². The number of aromatic nitrogens is 3. The predicted octanol–water partition coefficient (Wildman–Crippen LogP) is 1.53. The van der Waals surface area contributed by atoms with Crippen LogP contribution >= 0.6 is 0 Å². The molecule has 0 saturated carbocycles. The lowest BCUT2D eigenvalue weighted by atomic mass is 10.2. The van der Waals surface area contributed by atoms with Gasteiger partial charge in [-0.1, -0.05) is 30.3 Å². The number of rotatable bonds is 6. The molecule has 0 unspecified atom stereocenters. The third-order valence-electron chi connectivity index (χ3n) is 3.62. The second kappa shape index (κ2) is 7.41. The lowest BCUT2D eigenvalue weighted by molar-refractivity contribution is -0.121. The number of nitrogens with zero attached hydrogens (tertiary/aromatic N) is 3. The van der Waals surface area contributed by atoms with Crippen molar-refractivity contribution < 1.29 is 4.79 Å². The van der Waals surface area contributed by atoms with Crippen LogP contribution in [0.15, 0.2) is 72.0 Å². The fourth-order valence-electron chi connectivity index (χ4n) is 2.38. The Morgan fingerprint density at radius 3 is 2.58 bits per heavy atom. The van der Waals surface area contributed by atoms with Crippen molar-refractivity contribution in [2.24, 2.45) is 0 Å². The van der Waals surface area contributed by atoms with Crippen LogP contribution < -0.4 is 10.9 Å². The van der Waals surface area contributed by atoms with Crippen LogP contribution in [-0.2, 0) is 17.9 Å². The summed E-state index contributed by atoms with van der Waals surface area (Å²) in [6.45, 7) is 1.19. The zero-order valence-corrected chi connectivity index (χ0v) is 13.1. The molecule has 0 bridgehead atoms. The van der Waals surface area contributed by atoms with Gasteiger partial charge in [-0.25, -0.2) is 4.98 Å². The van der Waals surface area contributed by atoms with Gasteiger partial charge < -0.3 is 14.5 Å². The minimum absolute atomic E-state index is 0.0210. The van der Waals surface area contributed by atoms with Crippen LogP contribution in [0.1, 0.15) is 0 Å². The predicted molar refractivity (Wildman–Crippen MR) is 91.4 cm³/mol. The Balaban J connectivity index is 1.63. The van der Waals surface area contributed by atoms with E-state index in [0.29, 0.717) is 18.8 Å². The summed E-state index contributed by atoms with van der Waals surface area (Å²) in [7, 11) is 0. The van der Waals surface area contributed by atoms with Crippen LogP contribution in [-0.4, -0.2) is 26.6 Å². The van der Waals surface area contributed by atoms with Crippen LogP contribution in [0.2, 0.25) is 0 Å². The van der Waals surface area contributed by atoms with E-state index >= 15 is 0 Å². The quantitative estimate of drug-likeness (QED) is 0.748.